The highest BCUT2D eigenvalue weighted by molar-refractivity contribution is 5.25. The largest absolute Gasteiger partial charge is 0.375 e. The lowest BCUT2D eigenvalue weighted by molar-refractivity contribution is -0.201. The predicted molar refractivity (Wildman–Crippen MR) is 95.2 cm³/mol. The van der Waals surface area contributed by atoms with Crippen molar-refractivity contribution in [3.05, 3.63) is 35.4 Å². The van der Waals surface area contributed by atoms with E-state index in [1.54, 1.807) is 0 Å². The van der Waals surface area contributed by atoms with Gasteiger partial charge in [-0.25, -0.2) is 0 Å². The van der Waals surface area contributed by atoms with Crippen LogP contribution in [0.2, 0.25) is 0 Å². The molecule has 0 radical (unpaired) electrons. The van der Waals surface area contributed by atoms with Gasteiger partial charge in [0.25, 0.3) is 0 Å². The molecule has 1 aromatic rings. The highest BCUT2D eigenvalue weighted by atomic mass is 16.6. The number of hydrogen-bond donors (Lipinski definition) is 0. The molecule has 3 saturated heterocycles. The zero-order chi connectivity index (χ0) is 16.4. The molecule has 4 rings (SSSR count). The topological polar surface area (TPSA) is 24.9 Å². The van der Waals surface area contributed by atoms with Gasteiger partial charge in [0.1, 0.15) is 5.60 Å². The van der Waals surface area contributed by atoms with Crippen LogP contribution < -0.4 is 0 Å². The van der Waals surface area contributed by atoms with Crippen molar-refractivity contribution >= 4 is 0 Å². The van der Waals surface area contributed by atoms with Crippen LogP contribution >= 0.6 is 0 Å². The maximum absolute atomic E-state index is 6.29. The molecular formula is C20H30N2O2. The fourth-order valence-electron chi connectivity index (χ4n) is 4.25. The fourth-order valence-corrected chi connectivity index (χ4v) is 4.25. The normalized spacial score (nSPS) is 28.0. The molecule has 3 aliphatic rings. The van der Waals surface area contributed by atoms with E-state index < -0.39 is 0 Å². The Morgan fingerprint density at radius 1 is 1.08 bits per heavy atom. The van der Waals surface area contributed by atoms with Crippen molar-refractivity contribution in [1.29, 1.82) is 0 Å². The van der Waals surface area contributed by atoms with Gasteiger partial charge in [0.2, 0.25) is 0 Å². The first kappa shape index (κ1) is 16.5. The van der Waals surface area contributed by atoms with E-state index in [4.69, 9.17) is 9.47 Å². The first-order chi connectivity index (χ1) is 11.7. The summed E-state index contributed by atoms with van der Waals surface area (Å²) in [7, 11) is 0. The van der Waals surface area contributed by atoms with Gasteiger partial charge in [0.05, 0.1) is 19.3 Å². The van der Waals surface area contributed by atoms with Gasteiger partial charge in [-0.2, -0.15) is 0 Å². The third-order valence-corrected chi connectivity index (χ3v) is 5.87. The molecular weight excluding hydrogens is 300 g/mol. The summed E-state index contributed by atoms with van der Waals surface area (Å²) in [5.74, 6) is 0. The number of benzene rings is 1. The van der Waals surface area contributed by atoms with Crippen molar-refractivity contribution in [2.45, 2.75) is 44.4 Å². The second-order valence-corrected chi connectivity index (χ2v) is 7.81. The van der Waals surface area contributed by atoms with Crippen LogP contribution in [0.3, 0.4) is 0 Å². The lowest BCUT2D eigenvalue weighted by Gasteiger charge is -2.38. The summed E-state index contributed by atoms with van der Waals surface area (Å²) in [5.41, 5.74) is 2.97. The van der Waals surface area contributed by atoms with Gasteiger partial charge < -0.3 is 9.47 Å². The molecule has 4 heteroatoms. The monoisotopic (exact) mass is 330 g/mol. The number of ether oxygens (including phenoxy) is 2. The summed E-state index contributed by atoms with van der Waals surface area (Å²) in [6, 6.07) is 8.77. The van der Waals surface area contributed by atoms with E-state index in [0.717, 1.165) is 39.4 Å². The molecule has 3 fully saturated rings. The lowest BCUT2D eigenvalue weighted by Crippen LogP contribution is -2.50. The van der Waals surface area contributed by atoms with Crippen LogP contribution in [-0.4, -0.2) is 67.4 Å². The number of rotatable bonds is 4. The Morgan fingerprint density at radius 3 is 2.62 bits per heavy atom. The Kier molecular flexibility index (Phi) is 4.90. The summed E-state index contributed by atoms with van der Waals surface area (Å²) >= 11 is 0. The minimum Gasteiger partial charge on any atom is -0.375 e. The van der Waals surface area contributed by atoms with Gasteiger partial charge in [-0.1, -0.05) is 24.3 Å². The zero-order valence-electron chi connectivity index (χ0n) is 14.9. The molecule has 0 aliphatic carbocycles. The van der Waals surface area contributed by atoms with Crippen molar-refractivity contribution in [3.8, 4) is 0 Å². The summed E-state index contributed by atoms with van der Waals surface area (Å²) in [4.78, 5) is 5.22. The molecule has 3 aliphatic heterocycles. The number of nitrogens with zero attached hydrogens (tertiary/aromatic N) is 2. The summed E-state index contributed by atoms with van der Waals surface area (Å²) in [6.07, 6.45) is 4.06. The Bertz CT molecular complexity index is 558. The first-order valence-electron chi connectivity index (χ1n) is 9.47. The Labute approximate surface area is 145 Å². The molecule has 132 valence electrons. The standard InChI is InChI=1S/C20H30N2O2/c1-17-5-2-3-6-18(17)13-21-9-4-10-22(12-11-21)14-19-7-8-20(24-19)15-23-16-20/h2-3,5-6,19H,4,7-16H2,1H3. The molecule has 4 nitrogen and oxygen atoms in total. The summed E-state index contributed by atoms with van der Waals surface area (Å²) in [6.45, 7) is 10.8. The summed E-state index contributed by atoms with van der Waals surface area (Å²) < 4.78 is 11.6. The number of hydrogen-bond acceptors (Lipinski definition) is 4. The Morgan fingerprint density at radius 2 is 1.88 bits per heavy atom. The molecule has 0 amide bonds. The second-order valence-electron chi connectivity index (χ2n) is 7.81. The average molecular weight is 330 g/mol. The van der Waals surface area contributed by atoms with Crippen molar-refractivity contribution < 1.29 is 9.47 Å². The van der Waals surface area contributed by atoms with Crippen molar-refractivity contribution in [3.63, 3.8) is 0 Å². The smallest absolute Gasteiger partial charge is 0.115 e. The molecule has 0 saturated carbocycles. The molecule has 3 heterocycles. The molecule has 0 bridgehead atoms. The first-order valence-corrected chi connectivity index (χ1v) is 9.47. The second kappa shape index (κ2) is 7.12. The maximum atomic E-state index is 6.29. The van der Waals surface area contributed by atoms with Crippen LogP contribution in [0.25, 0.3) is 0 Å². The van der Waals surface area contributed by atoms with E-state index in [1.807, 2.05) is 0 Å². The van der Waals surface area contributed by atoms with Gasteiger partial charge in [0.15, 0.2) is 0 Å². The quantitative estimate of drug-likeness (QED) is 0.847. The highest BCUT2D eigenvalue weighted by Gasteiger charge is 2.46. The zero-order valence-corrected chi connectivity index (χ0v) is 14.9. The van der Waals surface area contributed by atoms with Crippen molar-refractivity contribution in [1.82, 2.24) is 9.80 Å². The highest BCUT2D eigenvalue weighted by Crippen LogP contribution is 2.36. The van der Waals surface area contributed by atoms with Gasteiger partial charge in [0, 0.05) is 26.2 Å². The minimum absolute atomic E-state index is 0.0907. The maximum Gasteiger partial charge on any atom is 0.115 e. The van der Waals surface area contributed by atoms with E-state index in [1.165, 1.54) is 43.5 Å². The number of aryl methyl sites for hydroxylation is 1. The van der Waals surface area contributed by atoms with E-state index >= 15 is 0 Å². The molecule has 0 N–H and O–H groups in total. The Balaban J connectivity index is 1.26. The minimum atomic E-state index is 0.0907. The molecule has 1 unspecified atom stereocenters. The summed E-state index contributed by atoms with van der Waals surface area (Å²) in [5, 5.41) is 0. The van der Waals surface area contributed by atoms with Crippen LogP contribution in [0, 0.1) is 6.92 Å². The average Bonchev–Trinajstić information content (AvgIpc) is 2.87. The van der Waals surface area contributed by atoms with Crippen LogP contribution in [0.1, 0.15) is 30.4 Å². The molecule has 1 aromatic carbocycles. The SMILES string of the molecule is Cc1ccccc1CN1CCCN(CC2CCC3(COC3)O2)CC1. The fraction of sp³-hybridized carbons (Fsp3) is 0.700. The van der Waals surface area contributed by atoms with E-state index in [9.17, 15) is 0 Å². The molecule has 1 spiro atoms. The van der Waals surface area contributed by atoms with Gasteiger partial charge in [-0.3, -0.25) is 9.80 Å². The van der Waals surface area contributed by atoms with Gasteiger partial charge >= 0.3 is 0 Å². The molecule has 24 heavy (non-hydrogen) atoms. The Hall–Kier alpha value is -0.940. The molecule has 1 atom stereocenters. The van der Waals surface area contributed by atoms with Crippen LogP contribution in [0.15, 0.2) is 24.3 Å². The van der Waals surface area contributed by atoms with Gasteiger partial charge in [-0.05, 0) is 50.4 Å². The van der Waals surface area contributed by atoms with Crippen LogP contribution in [0.5, 0.6) is 0 Å². The van der Waals surface area contributed by atoms with Crippen LogP contribution in [-0.2, 0) is 16.0 Å². The van der Waals surface area contributed by atoms with E-state index in [0.29, 0.717) is 6.10 Å². The third-order valence-electron chi connectivity index (χ3n) is 5.87. The molecule has 0 aromatic heterocycles. The lowest BCUT2D eigenvalue weighted by atomic mass is 9.98. The third kappa shape index (κ3) is 3.67. The van der Waals surface area contributed by atoms with E-state index in [2.05, 4.69) is 41.0 Å². The van der Waals surface area contributed by atoms with Crippen molar-refractivity contribution in [2.75, 3.05) is 45.9 Å². The van der Waals surface area contributed by atoms with Gasteiger partial charge in [-0.15, -0.1) is 0 Å². The van der Waals surface area contributed by atoms with E-state index in [-0.39, 0.29) is 5.60 Å². The van der Waals surface area contributed by atoms with Crippen LogP contribution in [0.4, 0.5) is 0 Å². The van der Waals surface area contributed by atoms with Crippen molar-refractivity contribution in [2.24, 2.45) is 0 Å². The predicted octanol–water partition coefficient (Wildman–Crippen LogP) is 2.45.